The molecule has 0 spiro atoms. The second-order valence-corrected chi connectivity index (χ2v) is 10.0. The van der Waals surface area contributed by atoms with E-state index in [0.717, 1.165) is 32.8 Å². The van der Waals surface area contributed by atoms with Gasteiger partial charge < -0.3 is 5.32 Å². The van der Waals surface area contributed by atoms with Gasteiger partial charge in [-0.05, 0) is 55.7 Å². The number of thiophene rings is 1. The van der Waals surface area contributed by atoms with Crippen LogP contribution in [0.2, 0.25) is 0 Å². The normalized spacial score (nSPS) is 10.9. The molecule has 2 aromatic heterocycles. The van der Waals surface area contributed by atoms with Crippen LogP contribution in [0.4, 0.5) is 5.69 Å². The van der Waals surface area contributed by atoms with Crippen molar-refractivity contribution < 1.29 is 4.79 Å². The maximum Gasteiger partial charge on any atom is 0.263 e. The number of anilines is 1. The number of hydrogen-bond donors (Lipinski definition) is 1. The lowest BCUT2D eigenvalue weighted by Gasteiger charge is -2.13. The summed E-state index contributed by atoms with van der Waals surface area (Å²) in [5.74, 6) is -0.0980. The number of amides is 1. The number of benzene rings is 2. The van der Waals surface area contributed by atoms with Crippen molar-refractivity contribution in [1.29, 1.82) is 5.26 Å². The summed E-state index contributed by atoms with van der Waals surface area (Å²) in [6.45, 7) is 6.47. The zero-order valence-electron chi connectivity index (χ0n) is 19.2. The zero-order valence-corrected chi connectivity index (χ0v) is 20.8. The van der Waals surface area contributed by atoms with E-state index in [1.807, 2.05) is 38.1 Å². The molecule has 4 rings (SSSR count). The Bertz CT molecular complexity index is 1450. The average Bonchev–Trinajstić information content (AvgIpc) is 3.17. The van der Waals surface area contributed by atoms with Crippen LogP contribution >= 0.6 is 23.1 Å². The first-order valence-electron chi connectivity index (χ1n) is 10.9. The van der Waals surface area contributed by atoms with Crippen molar-refractivity contribution in [3.05, 3.63) is 86.0 Å². The number of hydrogen-bond acceptors (Lipinski definition) is 6. The summed E-state index contributed by atoms with van der Waals surface area (Å²) in [4.78, 5) is 32.8. The Balaban J connectivity index is 1.63. The van der Waals surface area contributed by atoms with Gasteiger partial charge in [-0.2, -0.15) is 5.26 Å². The van der Waals surface area contributed by atoms with E-state index in [1.165, 1.54) is 11.8 Å². The quantitative estimate of drug-likeness (QED) is 0.282. The van der Waals surface area contributed by atoms with Gasteiger partial charge in [-0.1, -0.05) is 48.5 Å². The third-order valence-corrected chi connectivity index (χ3v) is 7.83. The number of fused-ring (bicyclic) bond motifs is 1. The number of carbonyl (C=O) groups is 1. The first-order valence-corrected chi connectivity index (χ1v) is 12.7. The Labute approximate surface area is 206 Å². The molecule has 0 saturated heterocycles. The molecule has 4 aromatic rings. The molecule has 2 aromatic carbocycles. The van der Waals surface area contributed by atoms with Crippen molar-refractivity contribution in [2.75, 3.05) is 11.1 Å². The number of thioether (sulfide) groups is 1. The Morgan fingerprint density at radius 2 is 1.85 bits per heavy atom. The van der Waals surface area contributed by atoms with Crippen LogP contribution in [-0.2, 0) is 17.8 Å². The van der Waals surface area contributed by atoms with Crippen molar-refractivity contribution in [2.24, 2.45) is 0 Å². The van der Waals surface area contributed by atoms with E-state index in [-0.39, 0.29) is 17.2 Å². The molecule has 1 N–H and O–H groups in total. The second-order valence-electron chi connectivity index (χ2n) is 7.98. The number of carbonyl (C=O) groups excluding carboxylic acids is 1. The Morgan fingerprint density at radius 3 is 2.50 bits per heavy atom. The maximum absolute atomic E-state index is 13.6. The molecule has 34 heavy (non-hydrogen) atoms. The molecular weight excluding hydrogens is 464 g/mol. The van der Waals surface area contributed by atoms with Gasteiger partial charge in [-0.15, -0.1) is 11.3 Å². The topological polar surface area (TPSA) is 87.8 Å². The summed E-state index contributed by atoms with van der Waals surface area (Å²) in [7, 11) is 0. The van der Waals surface area contributed by atoms with Crippen LogP contribution in [0.1, 0.15) is 34.1 Å². The van der Waals surface area contributed by atoms with Crippen LogP contribution in [0.15, 0.2) is 58.5 Å². The molecule has 1 amide bonds. The molecule has 0 aliphatic heterocycles. The third kappa shape index (κ3) is 5.06. The molecule has 0 saturated carbocycles. The van der Waals surface area contributed by atoms with Crippen molar-refractivity contribution in [3.8, 4) is 6.07 Å². The molecule has 0 bridgehead atoms. The molecule has 8 heteroatoms. The van der Waals surface area contributed by atoms with Crippen molar-refractivity contribution in [1.82, 2.24) is 9.55 Å². The summed E-state index contributed by atoms with van der Waals surface area (Å²) in [6.07, 6.45) is 0.847. The van der Waals surface area contributed by atoms with Gasteiger partial charge in [0, 0.05) is 10.6 Å². The van der Waals surface area contributed by atoms with Crippen LogP contribution in [0, 0.1) is 25.2 Å². The lowest BCUT2D eigenvalue weighted by Crippen LogP contribution is -2.24. The Kier molecular flexibility index (Phi) is 7.15. The molecular formula is C26H24N4O2S2. The SMILES string of the molecule is CCc1sc2nc(SCC(=O)Nc3ccc(C#N)cc3)n(Cc3ccc(C)cc3)c(=O)c2c1C. The zero-order chi connectivity index (χ0) is 24.2. The molecule has 0 fully saturated rings. The lowest BCUT2D eigenvalue weighted by molar-refractivity contribution is -0.113. The summed E-state index contributed by atoms with van der Waals surface area (Å²) >= 11 is 2.80. The van der Waals surface area contributed by atoms with Gasteiger partial charge in [-0.3, -0.25) is 14.2 Å². The van der Waals surface area contributed by atoms with Gasteiger partial charge in [0.25, 0.3) is 5.56 Å². The van der Waals surface area contributed by atoms with E-state index in [0.29, 0.717) is 28.3 Å². The summed E-state index contributed by atoms with van der Waals surface area (Å²) in [5.41, 5.74) is 4.22. The number of nitrogens with zero attached hydrogens (tertiary/aromatic N) is 3. The highest BCUT2D eigenvalue weighted by atomic mass is 32.2. The minimum absolute atomic E-state index is 0.0750. The highest BCUT2D eigenvalue weighted by Gasteiger charge is 2.19. The van der Waals surface area contributed by atoms with Crippen molar-refractivity contribution >= 4 is 44.9 Å². The number of aryl methyl sites for hydroxylation is 3. The fraction of sp³-hybridized carbons (Fsp3) is 0.231. The minimum atomic E-state index is -0.206. The predicted molar refractivity (Wildman–Crippen MR) is 139 cm³/mol. The number of nitrogens with one attached hydrogen (secondary N) is 1. The van der Waals surface area contributed by atoms with Crippen molar-refractivity contribution in [2.45, 2.75) is 38.9 Å². The molecule has 6 nitrogen and oxygen atoms in total. The molecule has 2 heterocycles. The van der Waals surface area contributed by atoms with E-state index in [2.05, 4.69) is 18.3 Å². The minimum Gasteiger partial charge on any atom is -0.325 e. The number of aromatic nitrogens is 2. The van der Waals surface area contributed by atoms with Crippen LogP contribution in [0.25, 0.3) is 10.2 Å². The van der Waals surface area contributed by atoms with E-state index >= 15 is 0 Å². The van der Waals surface area contributed by atoms with Gasteiger partial charge >= 0.3 is 0 Å². The van der Waals surface area contributed by atoms with Crippen LogP contribution in [0.3, 0.4) is 0 Å². The first-order chi connectivity index (χ1) is 16.4. The van der Waals surface area contributed by atoms with Gasteiger partial charge in [0.1, 0.15) is 4.83 Å². The Hall–Kier alpha value is -3.41. The summed E-state index contributed by atoms with van der Waals surface area (Å²) in [6, 6.07) is 16.8. The second kappa shape index (κ2) is 10.2. The monoisotopic (exact) mass is 488 g/mol. The standard InChI is InChI=1S/C26H24N4O2S2/c1-4-21-17(3)23-24(34-21)29-26(30(25(23)32)14-19-7-5-16(2)6-8-19)33-15-22(31)28-20-11-9-18(13-27)10-12-20/h5-12H,4,14-15H2,1-3H3,(H,28,31). The fourth-order valence-electron chi connectivity index (χ4n) is 3.66. The van der Waals surface area contributed by atoms with Crippen LogP contribution in [0.5, 0.6) is 0 Å². The highest BCUT2D eigenvalue weighted by molar-refractivity contribution is 7.99. The van der Waals surface area contributed by atoms with Gasteiger partial charge in [0.2, 0.25) is 5.91 Å². The highest BCUT2D eigenvalue weighted by Crippen LogP contribution is 2.30. The van der Waals surface area contributed by atoms with E-state index in [9.17, 15) is 9.59 Å². The van der Waals surface area contributed by atoms with Gasteiger partial charge in [0.15, 0.2) is 5.16 Å². The van der Waals surface area contributed by atoms with E-state index in [4.69, 9.17) is 10.2 Å². The molecule has 0 unspecified atom stereocenters. The maximum atomic E-state index is 13.6. The fourth-order valence-corrected chi connectivity index (χ4v) is 5.62. The van der Waals surface area contributed by atoms with Crippen LogP contribution in [-0.4, -0.2) is 21.2 Å². The first kappa shape index (κ1) is 23.7. The molecule has 172 valence electrons. The number of rotatable bonds is 7. The Morgan fingerprint density at radius 1 is 1.15 bits per heavy atom. The molecule has 0 aliphatic rings. The summed E-state index contributed by atoms with van der Waals surface area (Å²) in [5, 5.41) is 12.9. The van der Waals surface area contributed by atoms with Gasteiger partial charge in [-0.25, -0.2) is 4.98 Å². The van der Waals surface area contributed by atoms with Gasteiger partial charge in [0.05, 0.1) is 29.3 Å². The number of nitriles is 1. The molecule has 0 radical (unpaired) electrons. The van der Waals surface area contributed by atoms with E-state index < -0.39 is 0 Å². The lowest BCUT2D eigenvalue weighted by atomic mass is 10.1. The third-order valence-electron chi connectivity index (χ3n) is 5.53. The summed E-state index contributed by atoms with van der Waals surface area (Å²) < 4.78 is 1.67. The molecule has 0 atom stereocenters. The smallest absolute Gasteiger partial charge is 0.263 e. The van der Waals surface area contributed by atoms with Crippen molar-refractivity contribution in [3.63, 3.8) is 0 Å². The predicted octanol–water partition coefficient (Wildman–Crippen LogP) is 5.29. The average molecular weight is 489 g/mol. The molecule has 0 aliphatic carbocycles. The van der Waals surface area contributed by atoms with E-state index in [1.54, 1.807) is 40.2 Å². The van der Waals surface area contributed by atoms with Crippen LogP contribution < -0.4 is 10.9 Å². The largest absolute Gasteiger partial charge is 0.325 e.